The first kappa shape index (κ1) is 15.9. The summed E-state index contributed by atoms with van der Waals surface area (Å²) in [6, 6.07) is 25.5. The fourth-order valence-electron chi connectivity index (χ4n) is 2.29. The monoisotopic (exact) mass is 319 g/mol. The van der Waals surface area contributed by atoms with Gasteiger partial charge >= 0.3 is 0 Å². The van der Waals surface area contributed by atoms with Crippen molar-refractivity contribution in [2.24, 2.45) is 0 Å². The van der Waals surface area contributed by atoms with Crippen LogP contribution in [-0.4, -0.2) is 0 Å². The Hall–Kier alpha value is -2.94. The van der Waals surface area contributed by atoms with Gasteiger partial charge in [0.2, 0.25) is 0 Å². The van der Waals surface area contributed by atoms with Crippen LogP contribution in [0.25, 0.3) is 0 Å². The standard InChI is InChI=1S/C21H19O3/c1-22-20-13-12-19(23-15-17-8-4-2-5-9-17)14-21(20)24-16-18-10-6-3-7-11-18/h2-14H,1,15-16H2. The molecule has 0 amide bonds. The Kier molecular flexibility index (Phi) is 5.36. The van der Waals surface area contributed by atoms with Crippen LogP contribution < -0.4 is 14.2 Å². The summed E-state index contributed by atoms with van der Waals surface area (Å²) in [4.78, 5) is 0. The van der Waals surface area contributed by atoms with Crippen LogP contribution in [0, 0.1) is 7.11 Å². The summed E-state index contributed by atoms with van der Waals surface area (Å²) >= 11 is 0. The Morgan fingerprint density at radius 3 is 1.79 bits per heavy atom. The maximum atomic E-state index is 5.86. The molecule has 3 aromatic rings. The lowest BCUT2D eigenvalue weighted by atomic mass is 10.2. The van der Waals surface area contributed by atoms with Gasteiger partial charge < -0.3 is 14.2 Å². The molecule has 3 heteroatoms. The Morgan fingerprint density at radius 2 is 1.21 bits per heavy atom. The van der Waals surface area contributed by atoms with Gasteiger partial charge in [0.25, 0.3) is 0 Å². The highest BCUT2D eigenvalue weighted by atomic mass is 16.5. The van der Waals surface area contributed by atoms with Crippen LogP contribution in [0.15, 0.2) is 78.9 Å². The molecule has 0 aliphatic carbocycles. The van der Waals surface area contributed by atoms with Crippen LogP contribution in [0.4, 0.5) is 0 Å². The van der Waals surface area contributed by atoms with E-state index < -0.39 is 0 Å². The molecule has 0 fully saturated rings. The molecule has 0 atom stereocenters. The molecule has 24 heavy (non-hydrogen) atoms. The molecule has 3 rings (SSSR count). The van der Waals surface area contributed by atoms with E-state index in [0.717, 1.165) is 16.9 Å². The van der Waals surface area contributed by atoms with E-state index in [4.69, 9.17) is 14.2 Å². The minimum atomic E-state index is 0.458. The molecule has 0 heterocycles. The molecule has 0 saturated heterocycles. The maximum absolute atomic E-state index is 5.86. The van der Waals surface area contributed by atoms with Gasteiger partial charge in [0.15, 0.2) is 11.5 Å². The molecular formula is C21H19O3. The van der Waals surface area contributed by atoms with Gasteiger partial charge in [0.05, 0.1) is 0 Å². The van der Waals surface area contributed by atoms with E-state index in [2.05, 4.69) is 7.11 Å². The summed E-state index contributed by atoms with van der Waals surface area (Å²) in [5.74, 6) is 1.92. The zero-order valence-corrected chi connectivity index (χ0v) is 13.4. The summed E-state index contributed by atoms with van der Waals surface area (Å²) in [7, 11) is 3.47. The smallest absolute Gasteiger partial charge is 0.165 e. The van der Waals surface area contributed by atoms with Gasteiger partial charge in [-0.3, -0.25) is 0 Å². The van der Waals surface area contributed by atoms with Crippen molar-refractivity contribution in [3.63, 3.8) is 0 Å². The summed E-state index contributed by atoms with van der Waals surface area (Å²) in [5.41, 5.74) is 2.20. The number of hydrogen-bond donors (Lipinski definition) is 0. The minimum absolute atomic E-state index is 0.458. The zero-order valence-electron chi connectivity index (χ0n) is 13.4. The Morgan fingerprint density at radius 1 is 0.625 bits per heavy atom. The molecule has 0 saturated carbocycles. The first-order valence-electron chi connectivity index (χ1n) is 7.74. The van der Waals surface area contributed by atoms with Crippen molar-refractivity contribution >= 4 is 0 Å². The van der Waals surface area contributed by atoms with Crippen molar-refractivity contribution in [1.82, 2.24) is 0 Å². The fraction of sp³-hybridized carbons (Fsp3) is 0.0952. The number of benzene rings is 3. The second-order valence-electron chi connectivity index (χ2n) is 5.30. The number of ether oxygens (including phenoxy) is 3. The van der Waals surface area contributed by atoms with E-state index in [-0.39, 0.29) is 0 Å². The van der Waals surface area contributed by atoms with Crippen molar-refractivity contribution in [3.8, 4) is 17.2 Å². The molecule has 0 N–H and O–H groups in total. The second kappa shape index (κ2) is 8.06. The Balaban J connectivity index is 1.68. The van der Waals surface area contributed by atoms with Crippen LogP contribution in [0.3, 0.4) is 0 Å². The lowest BCUT2D eigenvalue weighted by molar-refractivity contribution is 0.279. The van der Waals surface area contributed by atoms with Crippen LogP contribution in [0.2, 0.25) is 0 Å². The van der Waals surface area contributed by atoms with Crippen LogP contribution in [0.1, 0.15) is 11.1 Å². The van der Waals surface area contributed by atoms with Gasteiger partial charge in [-0.05, 0) is 23.3 Å². The SMILES string of the molecule is [CH2]Oc1ccc(OCc2ccccc2)cc1OCc1ccccc1. The van der Waals surface area contributed by atoms with Gasteiger partial charge in [-0.1, -0.05) is 60.7 Å². The van der Waals surface area contributed by atoms with Crippen LogP contribution in [0.5, 0.6) is 17.2 Å². The van der Waals surface area contributed by atoms with E-state index in [0.29, 0.717) is 24.7 Å². The number of rotatable bonds is 7. The summed E-state index contributed by atoms with van der Waals surface area (Å²) < 4.78 is 16.8. The summed E-state index contributed by atoms with van der Waals surface area (Å²) in [6.07, 6.45) is 0. The molecule has 3 aromatic carbocycles. The van der Waals surface area contributed by atoms with Crippen molar-refractivity contribution in [2.75, 3.05) is 0 Å². The van der Waals surface area contributed by atoms with E-state index in [9.17, 15) is 0 Å². The summed E-state index contributed by atoms with van der Waals surface area (Å²) in [6.45, 7) is 0.961. The normalized spacial score (nSPS) is 10.2. The predicted octanol–water partition coefficient (Wildman–Crippen LogP) is 5.01. The quantitative estimate of drug-likeness (QED) is 0.612. The summed E-state index contributed by atoms with van der Waals surface area (Å²) in [5, 5.41) is 0. The maximum Gasteiger partial charge on any atom is 0.165 e. The van der Waals surface area contributed by atoms with E-state index >= 15 is 0 Å². The van der Waals surface area contributed by atoms with Crippen molar-refractivity contribution < 1.29 is 14.2 Å². The molecule has 0 unspecified atom stereocenters. The first-order valence-corrected chi connectivity index (χ1v) is 7.74. The molecular weight excluding hydrogens is 300 g/mol. The Labute approximate surface area is 142 Å². The molecule has 0 aliphatic rings. The third kappa shape index (κ3) is 4.29. The lowest BCUT2D eigenvalue weighted by Crippen LogP contribution is -1.99. The van der Waals surface area contributed by atoms with Gasteiger partial charge in [-0.2, -0.15) is 0 Å². The van der Waals surface area contributed by atoms with Crippen LogP contribution in [-0.2, 0) is 13.2 Å². The molecule has 3 nitrogen and oxygen atoms in total. The van der Waals surface area contributed by atoms with Gasteiger partial charge in [-0.15, -0.1) is 0 Å². The number of hydrogen-bond acceptors (Lipinski definition) is 3. The molecule has 0 spiro atoms. The fourth-order valence-corrected chi connectivity index (χ4v) is 2.29. The highest BCUT2D eigenvalue weighted by molar-refractivity contribution is 5.45. The second-order valence-corrected chi connectivity index (χ2v) is 5.30. The van der Waals surface area contributed by atoms with E-state index in [1.807, 2.05) is 72.8 Å². The van der Waals surface area contributed by atoms with E-state index in [1.165, 1.54) is 0 Å². The largest absolute Gasteiger partial charge is 0.489 e. The molecule has 0 aliphatic heterocycles. The van der Waals surface area contributed by atoms with Gasteiger partial charge in [0.1, 0.15) is 26.1 Å². The third-order valence-corrected chi connectivity index (χ3v) is 3.56. The molecule has 0 bridgehead atoms. The molecule has 0 aromatic heterocycles. The lowest BCUT2D eigenvalue weighted by Gasteiger charge is -2.13. The highest BCUT2D eigenvalue weighted by Crippen LogP contribution is 2.32. The topological polar surface area (TPSA) is 27.7 Å². The van der Waals surface area contributed by atoms with Crippen molar-refractivity contribution in [1.29, 1.82) is 0 Å². The van der Waals surface area contributed by atoms with Crippen LogP contribution >= 0.6 is 0 Å². The average Bonchev–Trinajstić information content (AvgIpc) is 2.66. The average molecular weight is 319 g/mol. The van der Waals surface area contributed by atoms with Crippen molar-refractivity contribution in [3.05, 3.63) is 97.1 Å². The molecule has 1 radical (unpaired) electrons. The molecule has 121 valence electrons. The predicted molar refractivity (Wildman–Crippen MR) is 94.0 cm³/mol. The first-order chi connectivity index (χ1) is 11.8. The highest BCUT2D eigenvalue weighted by Gasteiger charge is 2.07. The van der Waals surface area contributed by atoms with E-state index in [1.54, 1.807) is 6.07 Å². The zero-order chi connectivity index (χ0) is 16.6. The minimum Gasteiger partial charge on any atom is -0.489 e. The van der Waals surface area contributed by atoms with Crippen molar-refractivity contribution in [2.45, 2.75) is 13.2 Å². The third-order valence-electron chi connectivity index (χ3n) is 3.56. The Bertz CT molecular complexity index is 755. The van der Waals surface area contributed by atoms with Gasteiger partial charge in [0, 0.05) is 6.07 Å². The van der Waals surface area contributed by atoms with Gasteiger partial charge in [-0.25, -0.2) is 0 Å².